The lowest BCUT2D eigenvalue weighted by Gasteiger charge is -2.15. The van der Waals surface area contributed by atoms with Crippen molar-refractivity contribution in [2.45, 2.75) is 32.1 Å². The van der Waals surface area contributed by atoms with Gasteiger partial charge >= 0.3 is 0 Å². The predicted molar refractivity (Wildman–Crippen MR) is 155 cm³/mol. The standard InChI is InChI=1S/C30H32N6O4/c1-4-6-25-30(40-25)33-20-8-5-7-18(13-20)28-34-24-16-27(39-12-11-37-2)26(38-3)15-22(24)29(35-28)32-21-9-10-23-19(14-21)17-31-36-23/h5,7-10,13-17,25,30,33H,4,6,11-12H2,1-3H3,(H,31,36)(H,32,34,35). The van der Waals surface area contributed by atoms with Gasteiger partial charge in [-0.2, -0.15) is 5.10 Å². The van der Waals surface area contributed by atoms with Gasteiger partial charge in [-0.15, -0.1) is 0 Å². The van der Waals surface area contributed by atoms with Crippen molar-refractivity contribution in [2.24, 2.45) is 0 Å². The van der Waals surface area contributed by atoms with Crippen molar-refractivity contribution < 1.29 is 18.9 Å². The SMILES string of the molecule is CCCC1OC1Nc1cccc(-c2nc(Nc3ccc4[nH]ncc4c3)c3cc(OC)c(OCCOC)cc3n2)c1. The van der Waals surface area contributed by atoms with E-state index in [4.69, 9.17) is 28.9 Å². The lowest BCUT2D eigenvalue weighted by Crippen LogP contribution is -2.07. The Morgan fingerprint density at radius 2 is 1.90 bits per heavy atom. The molecule has 10 nitrogen and oxygen atoms in total. The summed E-state index contributed by atoms with van der Waals surface area (Å²) in [5.41, 5.74) is 4.40. The van der Waals surface area contributed by atoms with Gasteiger partial charge in [0, 0.05) is 40.9 Å². The van der Waals surface area contributed by atoms with Gasteiger partial charge in [0.15, 0.2) is 23.6 Å². The van der Waals surface area contributed by atoms with Gasteiger partial charge in [0.1, 0.15) is 18.5 Å². The largest absolute Gasteiger partial charge is 0.493 e. The van der Waals surface area contributed by atoms with E-state index < -0.39 is 0 Å². The molecule has 40 heavy (non-hydrogen) atoms. The predicted octanol–water partition coefficient (Wildman–Crippen LogP) is 5.89. The number of hydrogen-bond acceptors (Lipinski definition) is 9. The molecule has 10 heteroatoms. The first-order valence-electron chi connectivity index (χ1n) is 13.4. The molecule has 0 bridgehead atoms. The van der Waals surface area contributed by atoms with E-state index >= 15 is 0 Å². The Labute approximate surface area is 232 Å². The summed E-state index contributed by atoms with van der Waals surface area (Å²) in [6.45, 7) is 3.02. The molecule has 1 aliphatic heterocycles. The summed E-state index contributed by atoms with van der Waals surface area (Å²) in [4.78, 5) is 9.92. The fraction of sp³-hybridized carbons (Fsp3) is 0.300. The number of ether oxygens (including phenoxy) is 4. The minimum Gasteiger partial charge on any atom is -0.493 e. The molecular weight excluding hydrogens is 508 g/mol. The highest BCUT2D eigenvalue weighted by atomic mass is 16.6. The third-order valence-corrected chi connectivity index (χ3v) is 6.81. The van der Waals surface area contributed by atoms with Gasteiger partial charge in [-0.05, 0) is 42.8 Å². The first kappa shape index (κ1) is 25.8. The maximum absolute atomic E-state index is 5.95. The molecule has 1 aliphatic rings. The number of benzene rings is 3. The van der Waals surface area contributed by atoms with E-state index in [0.29, 0.717) is 36.4 Å². The molecule has 0 spiro atoms. The van der Waals surface area contributed by atoms with Gasteiger partial charge in [-0.1, -0.05) is 25.5 Å². The number of epoxide rings is 1. The average Bonchev–Trinajstić information content (AvgIpc) is 3.51. The van der Waals surface area contributed by atoms with Crippen LogP contribution in [0.5, 0.6) is 11.5 Å². The van der Waals surface area contributed by atoms with Gasteiger partial charge in [0.2, 0.25) is 0 Å². The molecule has 0 saturated carbocycles. The zero-order valence-electron chi connectivity index (χ0n) is 22.7. The Kier molecular flexibility index (Phi) is 7.35. The van der Waals surface area contributed by atoms with Crippen molar-refractivity contribution in [1.82, 2.24) is 20.2 Å². The Bertz CT molecular complexity index is 1640. The summed E-state index contributed by atoms with van der Waals surface area (Å²) in [6, 6.07) is 17.9. The second-order valence-electron chi connectivity index (χ2n) is 9.66. The highest BCUT2D eigenvalue weighted by molar-refractivity contribution is 5.95. The van der Waals surface area contributed by atoms with Crippen molar-refractivity contribution in [3.63, 3.8) is 0 Å². The second kappa shape index (κ2) is 11.4. The molecule has 3 heterocycles. The fourth-order valence-electron chi connectivity index (χ4n) is 4.71. The van der Waals surface area contributed by atoms with Crippen LogP contribution in [0.3, 0.4) is 0 Å². The fourth-order valence-corrected chi connectivity index (χ4v) is 4.71. The monoisotopic (exact) mass is 540 g/mol. The highest BCUT2D eigenvalue weighted by Crippen LogP contribution is 2.37. The number of hydrogen-bond donors (Lipinski definition) is 3. The van der Waals surface area contributed by atoms with E-state index in [9.17, 15) is 0 Å². The molecule has 206 valence electrons. The summed E-state index contributed by atoms with van der Waals surface area (Å²) >= 11 is 0. The Balaban J connectivity index is 1.40. The molecule has 0 amide bonds. The number of fused-ring (bicyclic) bond motifs is 2. The maximum Gasteiger partial charge on any atom is 0.163 e. The molecule has 2 aromatic heterocycles. The summed E-state index contributed by atoms with van der Waals surface area (Å²) in [7, 11) is 3.26. The van der Waals surface area contributed by atoms with Crippen molar-refractivity contribution in [1.29, 1.82) is 0 Å². The molecule has 1 saturated heterocycles. The zero-order chi connectivity index (χ0) is 27.5. The molecule has 2 atom stereocenters. The molecule has 0 radical (unpaired) electrons. The van der Waals surface area contributed by atoms with Crippen LogP contribution in [0, 0.1) is 0 Å². The van der Waals surface area contributed by atoms with Crippen molar-refractivity contribution >= 4 is 39.0 Å². The van der Waals surface area contributed by atoms with E-state index in [0.717, 1.165) is 51.6 Å². The Morgan fingerprint density at radius 3 is 2.75 bits per heavy atom. The first-order valence-corrected chi connectivity index (χ1v) is 13.4. The van der Waals surface area contributed by atoms with Crippen molar-refractivity contribution in [2.75, 3.05) is 38.1 Å². The van der Waals surface area contributed by atoms with E-state index in [2.05, 4.69) is 27.8 Å². The lowest BCUT2D eigenvalue weighted by molar-refractivity contribution is 0.144. The molecule has 6 rings (SSSR count). The summed E-state index contributed by atoms with van der Waals surface area (Å²) in [5, 5.41) is 15.9. The van der Waals surface area contributed by atoms with E-state index in [-0.39, 0.29) is 12.3 Å². The van der Waals surface area contributed by atoms with Crippen LogP contribution in [0.1, 0.15) is 19.8 Å². The number of nitrogens with one attached hydrogen (secondary N) is 3. The van der Waals surface area contributed by atoms with Crippen LogP contribution in [0.4, 0.5) is 17.2 Å². The number of methoxy groups -OCH3 is 2. The molecule has 2 unspecified atom stereocenters. The van der Waals surface area contributed by atoms with E-state index in [1.54, 1.807) is 20.4 Å². The summed E-state index contributed by atoms with van der Waals surface area (Å²) < 4.78 is 22.5. The minimum absolute atomic E-state index is 0.0436. The quantitative estimate of drug-likeness (QED) is 0.131. The van der Waals surface area contributed by atoms with Gasteiger partial charge < -0.3 is 29.6 Å². The molecular formula is C30H32N6O4. The normalized spacial score (nSPS) is 16.3. The third-order valence-electron chi connectivity index (χ3n) is 6.81. The number of H-pyrrole nitrogens is 1. The number of anilines is 3. The number of rotatable bonds is 12. The molecule has 0 aliphatic carbocycles. The van der Waals surface area contributed by atoms with Gasteiger partial charge in [-0.25, -0.2) is 9.97 Å². The minimum atomic E-state index is 0.0436. The van der Waals surface area contributed by atoms with Gasteiger partial charge in [0.25, 0.3) is 0 Å². The van der Waals surface area contributed by atoms with Crippen LogP contribution >= 0.6 is 0 Å². The average molecular weight is 541 g/mol. The lowest BCUT2D eigenvalue weighted by atomic mass is 10.1. The number of aromatic nitrogens is 4. The van der Waals surface area contributed by atoms with Crippen LogP contribution in [0.25, 0.3) is 33.2 Å². The van der Waals surface area contributed by atoms with Crippen LogP contribution < -0.4 is 20.1 Å². The van der Waals surface area contributed by atoms with Crippen LogP contribution in [0.2, 0.25) is 0 Å². The Hall–Kier alpha value is -4.41. The topological polar surface area (TPSA) is 119 Å². The van der Waals surface area contributed by atoms with Crippen LogP contribution in [-0.2, 0) is 9.47 Å². The van der Waals surface area contributed by atoms with E-state index in [1.807, 2.05) is 54.6 Å². The molecule has 5 aromatic rings. The van der Waals surface area contributed by atoms with Crippen LogP contribution in [-0.4, -0.2) is 59.9 Å². The maximum atomic E-state index is 5.95. The highest BCUT2D eigenvalue weighted by Gasteiger charge is 2.37. The third kappa shape index (κ3) is 5.49. The summed E-state index contributed by atoms with van der Waals surface area (Å²) in [6.07, 6.45) is 4.24. The molecule has 1 fully saturated rings. The molecule has 3 N–H and O–H groups in total. The second-order valence-corrected chi connectivity index (χ2v) is 9.66. The van der Waals surface area contributed by atoms with E-state index in [1.165, 1.54) is 0 Å². The number of aromatic amines is 1. The van der Waals surface area contributed by atoms with Crippen LogP contribution in [0.15, 0.2) is 60.8 Å². The first-order chi connectivity index (χ1) is 19.6. The van der Waals surface area contributed by atoms with Crippen molar-refractivity contribution in [3.8, 4) is 22.9 Å². The zero-order valence-corrected chi connectivity index (χ0v) is 22.7. The Morgan fingerprint density at radius 1 is 0.975 bits per heavy atom. The van der Waals surface area contributed by atoms with Crippen molar-refractivity contribution in [3.05, 3.63) is 60.8 Å². The summed E-state index contributed by atoms with van der Waals surface area (Å²) in [5.74, 6) is 2.41. The van der Waals surface area contributed by atoms with Gasteiger partial charge in [-0.3, -0.25) is 5.10 Å². The van der Waals surface area contributed by atoms with Gasteiger partial charge in [0.05, 0.1) is 30.9 Å². The smallest absolute Gasteiger partial charge is 0.163 e. The molecule has 3 aromatic carbocycles. The number of nitrogens with zero attached hydrogens (tertiary/aromatic N) is 3.